The van der Waals surface area contributed by atoms with Crippen LogP contribution in [0.4, 0.5) is 0 Å². The summed E-state index contributed by atoms with van der Waals surface area (Å²) in [6, 6.07) is 15.0. The average Bonchev–Trinajstić information content (AvgIpc) is 2.89. The number of benzene rings is 3. The van der Waals surface area contributed by atoms with Crippen LogP contribution in [0.5, 0.6) is 17.2 Å². The van der Waals surface area contributed by atoms with Crippen LogP contribution in [0.1, 0.15) is 50.3 Å². The van der Waals surface area contributed by atoms with E-state index >= 15 is 0 Å². The van der Waals surface area contributed by atoms with E-state index < -0.39 is 0 Å². The summed E-state index contributed by atoms with van der Waals surface area (Å²) in [4.78, 5) is 18.6. The van der Waals surface area contributed by atoms with E-state index in [9.17, 15) is 4.79 Å². The molecule has 0 N–H and O–H groups in total. The summed E-state index contributed by atoms with van der Waals surface area (Å²) in [6.07, 6.45) is 1.62. The predicted octanol–water partition coefficient (Wildman–Crippen LogP) is 6.95. The molecule has 4 rings (SSSR count). The minimum atomic E-state index is -0.254. The van der Waals surface area contributed by atoms with E-state index in [1.165, 1.54) is 4.68 Å². The summed E-state index contributed by atoms with van der Waals surface area (Å²) >= 11 is 3.59. The van der Waals surface area contributed by atoms with Crippen molar-refractivity contribution in [2.75, 3.05) is 20.3 Å². The molecule has 0 spiro atoms. The predicted molar refractivity (Wildman–Crippen MR) is 156 cm³/mol. The number of aryl methyl sites for hydroxylation is 1. The van der Waals surface area contributed by atoms with Crippen molar-refractivity contribution >= 4 is 33.0 Å². The highest BCUT2D eigenvalue weighted by Crippen LogP contribution is 2.35. The minimum absolute atomic E-state index is 0.215. The van der Waals surface area contributed by atoms with E-state index in [-0.39, 0.29) is 11.5 Å². The van der Waals surface area contributed by atoms with Crippen molar-refractivity contribution in [2.24, 2.45) is 5.10 Å². The standard InChI is InChI=1S/C30H32BrN3O4/c1-7-37-26-13-19(5)23(15-22(26)18(3)4)29-33-25-12-10-9-11-21(25)30(35)34(29)32-17-20-14-27(36-6)28(38-8-2)16-24(20)31/h9-18H,7-8H2,1-6H3. The number of para-hydroxylation sites is 1. The van der Waals surface area contributed by atoms with Crippen LogP contribution >= 0.6 is 15.9 Å². The maximum atomic E-state index is 13.7. The molecule has 0 fully saturated rings. The first-order valence-electron chi connectivity index (χ1n) is 12.6. The Labute approximate surface area is 231 Å². The van der Waals surface area contributed by atoms with Gasteiger partial charge in [0.25, 0.3) is 5.56 Å². The van der Waals surface area contributed by atoms with Gasteiger partial charge in [0.1, 0.15) is 5.75 Å². The molecule has 0 saturated heterocycles. The Balaban J connectivity index is 1.95. The van der Waals surface area contributed by atoms with Crippen LogP contribution in [-0.2, 0) is 0 Å². The van der Waals surface area contributed by atoms with Crippen molar-refractivity contribution < 1.29 is 14.2 Å². The Morgan fingerprint density at radius 1 is 1.03 bits per heavy atom. The molecule has 0 radical (unpaired) electrons. The molecular weight excluding hydrogens is 546 g/mol. The summed E-state index contributed by atoms with van der Waals surface area (Å²) in [6.45, 7) is 11.2. The van der Waals surface area contributed by atoms with Gasteiger partial charge in [-0.05, 0) is 90.1 Å². The zero-order valence-corrected chi connectivity index (χ0v) is 24.1. The SMILES string of the molecule is CCOc1cc(Br)c(C=Nn2c(-c3cc(C(C)C)c(OCC)cc3C)nc3ccccc3c2=O)cc1OC. The fourth-order valence-corrected chi connectivity index (χ4v) is 4.70. The minimum Gasteiger partial charge on any atom is -0.494 e. The van der Waals surface area contributed by atoms with Crippen molar-refractivity contribution in [3.63, 3.8) is 0 Å². The highest BCUT2D eigenvalue weighted by Gasteiger charge is 2.19. The summed E-state index contributed by atoms with van der Waals surface area (Å²) in [5.74, 6) is 2.71. The van der Waals surface area contributed by atoms with Gasteiger partial charge in [-0.15, -0.1) is 0 Å². The van der Waals surface area contributed by atoms with Gasteiger partial charge in [0.05, 0.1) is 37.4 Å². The lowest BCUT2D eigenvalue weighted by atomic mass is 9.96. The number of aromatic nitrogens is 2. The van der Waals surface area contributed by atoms with Gasteiger partial charge >= 0.3 is 0 Å². The van der Waals surface area contributed by atoms with Gasteiger partial charge in [0.15, 0.2) is 17.3 Å². The normalized spacial score (nSPS) is 11.5. The van der Waals surface area contributed by atoms with Crippen LogP contribution < -0.4 is 19.8 Å². The van der Waals surface area contributed by atoms with Gasteiger partial charge in [-0.1, -0.05) is 26.0 Å². The second-order valence-corrected chi connectivity index (χ2v) is 9.92. The van der Waals surface area contributed by atoms with Gasteiger partial charge in [0, 0.05) is 15.6 Å². The quantitative estimate of drug-likeness (QED) is 0.201. The van der Waals surface area contributed by atoms with Gasteiger partial charge in [-0.25, -0.2) is 4.98 Å². The summed E-state index contributed by atoms with van der Waals surface area (Å²) in [5, 5.41) is 5.14. The number of fused-ring (bicyclic) bond motifs is 1. The molecule has 7 nitrogen and oxygen atoms in total. The topological polar surface area (TPSA) is 74.9 Å². The first-order valence-corrected chi connectivity index (χ1v) is 13.4. The Kier molecular flexibility index (Phi) is 8.52. The molecule has 0 aliphatic rings. The van der Waals surface area contributed by atoms with Crippen LogP contribution in [0, 0.1) is 6.92 Å². The highest BCUT2D eigenvalue weighted by atomic mass is 79.9. The van der Waals surface area contributed by atoms with Crippen molar-refractivity contribution in [2.45, 2.75) is 40.5 Å². The number of halogens is 1. The number of hydrogen-bond donors (Lipinski definition) is 0. The van der Waals surface area contributed by atoms with Gasteiger partial charge in [0.2, 0.25) is 0 Å². The number of ether oxygens (including phenoxy) is 3. The number of hydrogen-bond acceptors (Lipinski definition) is 6. The summed E-state index contributed by atoms with van der Waals surface area (Å²) in [7, 11) is 1.59. The number of nitrogens with zero attached hydrogens (tertiary/aromatic N) is 3. The Bertz CT molecular complexity index is 1560. The summed E-state index contributed by atoms with van der Waals surface area (Å²) in [5.41, 5.74) is 3.89. The molecule has 0 bridgehead atoms. The molecule has 8 heteroatoms. The second-order valence-electron chi connectivity index (χ2n) is 9.06. The highest BCUT2D eigenvalue weighted by molar-refractivity contribution is 9.10. The third-order valence-electron chi connectivity index (χ3n) is 6.17. The molecule has 3 aromatic carbocycles. The third kappa shape index (κ3) is 5.45. The molecule has 38 heavy (non-hydrogen) atoms. The van der Waals surface area contributed by atoms with Crippen LogP contribution in [-0.4, -0.2) is 36.2 Å². The molecule has 1 heterocycles. The number of rotatable bonds is 9. The largest absolute Gasteiger partial charge is 0.494 e. The monoisotopic (exact) mass is 577 g/mol. The van der Waals surface area contributed by atoms with Crippen LogP contribution in [0.15, 0.2) is 62.9 Å². The van der Waals surface area contributed by atoms with Crippen molar-refractivity contribution in [1.29, 1.82) is 0 Å². The van der Waals surface area contributed by atoms with E-state index in [2.05, 4.69) is 40.9 Å². The lowest BCUT2D eigenvalue weighted by Gasteiger charge is -2.18. The smallest absolute Gasteiger partial charge is 0.282 e. The van der Waals surface area contributed by atoms with E-state index in [1.807, 2.05) is 57.2 Å². The van der Waals surface area contributed by atoms with Gasteiger partial charge < -0.3 is 14.2 Å². The number of methoxy groups -OCH3 is 1. The van der Waals surface area contributed by atoms with Gasteiger partial charge in [-0.2, -0.15) is 9.78 Å². The average molecular weight is 579 g/mol. The van der Waals surface area contributed by atoms with E-state index in [4.69, 9.17) is 19.2 Å². The molecule has 0 unspecified atom stereocenters. The third-order valence-corrected chi connectivity index (χ3v) is 6.86. The molecule has 0 aliphatic heterocycles. The lowest BCUT2D eigenvalue weighted by Crippen LogP contribution is -2.21. The first kappa shape index (κ1) is 27.4. The van der Waals surface area contributed by atoms with E-state index in [1.54, 1.807) is 19.4 Å². The van der Waals surface area contributed by atoms with Crippen LogP contribution in [0.25, 0.3) is 22.3 Å². The molecule has 1 aromatic heterocycles. The zero-order chi connectivity index (χ0) is 27.4. The molecule has 0 aliphatic carbocycles. The van der Waals surface area contributed by atoms with E-state index in [0.29, 0.717) is 41.4 Å². The van der Waals surface area contributed by atoms with Crippen molar-refractivity contribution in [3.05, 3.63) is 80.0 Å². The Hall–Kier alpha value is -3.65. The van der Waals surface area contributed by atoms with Gasteiger partial charge in [-0.3, -0.25) is 4.79 Å². The molecule has 0 atom stereocenters. The maximum absolute atomic E-state index is 13.7. The molecule has 0 amide bonds. The molecular formula is C30H32BrN3O4. The fourth-order valence-electron chi connectivity index (χ4n) is 4.27. The molecule has 198 valence electrons. The fraction of sp³-hybridized carbons (Fsp3) is 0.300. The van der Waals surface area contributed by atoms with Crippen LogP contribution in [0.3, 0.4) is 0 Å². The summed E-state index contributed by atoms with van der Waals surface area (Å²) < 4.78 is 19.2. The van der Waals surface area contributed by atoms with E-state index in [0.717, 1.165) is 32.5 Å². The Morgan fingerprint density at radius 2 is 1.74 bits per heavy atom. The van der Waals surface area contributed by atoms with Crippen LogP contribution in [0.2, 0.25) is 0 Å². The zero-order valence-electron chi connectivity index (χ0n) is 22.5. The Morgan fingerprint density at radius 3 is 2.42 bits per heavy atom. The maximum Gasteiger partial charge on any atom is 0.282 e. The van der Waals surface area contributed by atoms with Crippen molar-refractivity contribution in [3.8, 4) is 28.6 Å². The second kappa shape index (κ2) is 11.8. The molecule has 4 aromatic rings. The first-order chi connectivity index (χ1) is 18.3. The lowest BCUT2D eigenvalue weighted by molar-refractivity contribution is 0.310. The molecule has 0 saturated carbocycles. The van der Waals surface area contributed by atoms with Crippen molar-refractivity contribution in [1.82, 2.24) is 9.66 Å².